The monoisotopic (exact) mass is 395 g/mol. The Balaban J connectivity index is 1.38. The number of carboxylic acids is 1. The third-order valence-electron chi connectivity index (χ3n) is 5.09. The van der Waals surface area contributed by atoms with E-state index >= 15 is 0 Å². The number of aryl methyl sites for hydroxylation is 1. The smallest absolute Gasteiger partial charge is 0.339 e. The van der Waals surface area contributed by atoms with Gasteiger partial charge >= 0.3 is 12.0 Å². The first-order chi connectivity index (χ1) is 12.8. The van der Waals surface area contributed by atoms with Crippen LogP contribution in [0.15, 0.2) is 10.5 Å². The molecule has 0 spiro atoms. The van der Waals surface area contributed by atoms with E-state index in [1.165, 1.54) is 6.07 Å². The summed E-state index contributed by atoms with van der Waals surface area (Å²) in [5, 5.41) is 15.4. The van der Waals surface area contributed by atoms with E-state index in [4.69, 9.17) is 9.52 Å². The fraction of sp³-hybridized carbons (Fsp3) is 0.611. The number of nitrogens with one attached hydrogen (secondary N) is 2. The van der Waals surface area contributed by atoms with Gasteiger partial charge < -0.3 is 25.1 Å². The Hall–Kier alpha value is -2.16. The van der Waals surface area contributed by atoms with Crippen molar-refractivity contribution < 1.29 is 23.9 Å². The highest BCUT2D eigenvalue weighted by Crippen LogP contribution is 2.33. The number of nitrogens with zero attached hydrogens (tertiary/aromatic N) is 1. The lowest BCUT2D eigenvalue weighted by Gasteiger charge is -2.18. The quantitative estimate of drug-likeness (QED) is 0.458. The summed E-state index contributed by atoms with van der Waals surface area (Å²) < 4.78 is 5.42. The lowest BCUT2D eigenvalue weighted by Crippen LogP contribution is -2.36. The van der Waals surface area contributed by atoms with Crippen molar-refractivity contribution in [1.82, 2.24) is 15.5 Å². The molecule has 0 unspecified atom stereocenters. The molecule has 2 aliphatic rings. The van der Waals surface area contributed by atoms with Gasteiger partial charge in [-0.2, -0.15) is 11.8 Å². The zero-order chi connectivity index (χ0) is 19.6. The Bertz CT molecular complexity index is 735. The zero-order valence-electron chi connectivity index (χ0n) is 15.5. The molecular weight excluding hydrogens is 370 g/mol. The predicted molar refractivity (Wildman–Crippen MR) is 101 cm³/mol. The number of rotatable bonds is 8. The number of fused-ring (bicyclic) bond motifs is 1. The molecule has 8 nitrogen and oxygen atoms in total. The Kier molecular flexibility index (Phi) is 5.98. The van der Waals surface area contributed by atoms with Gasteiger partial charge in [0.15, 0.2) is 0 Å². The normalized spacial score (nSPS) is 23.6. The van der Waals surface area contributed by atoms with Crippen LogP contribution in [-0.2, 0) is 11.3 Å². The van der Waals surface area contributed by atoms with E-state index in [0.717, 1.165) is 25.0 Å². The average Bonchev–Trinajstić information content (AvgIpc) is 3.26. The molecule has 2 saturated heterocycles. The number of carbonyl (C=O) groups is 3. The molecule has 27 heavy (non-hydrogen) atoms. The van der Waals surface area contributed by atoms with Gasteiger partial charge in [0, 0.05) is 24.5 Å². The van der Waals surface area contributed by atoms with Crippen molar-refractivity contribution in [1.29, 1.82) is 0 Å². The Morgan fingerprint density at radius 2 is 2.15 bits per heavy atom. The number of thioether (sulfide) groups is 1. The van der Waals surface area contributed by atoms with Crippen LogP contribution in [0.3, 0.4) is 0 Å². The fourth-order valence-electron chi connectivity index (χ4n) is 3.61. The van der Waals surface area contributed by atoms with Gasteiger partial charge in [-0.1, -0.05) is 6.42 Å². The van der Waals surface area contributed by atoms with Crippen molar-refractivity contribution in [3.05, 3.63) is 23.2 Å². The standard InChI is InChI=1S/C18H25N3O5S/c1-10-12(17(23)24)7-11(26-10)8-21(2)15(22)6-4-3-5-14-16-13(9-27-14)19-18(25)20-16/h7,13-14,16H,3-6,8-9H2,1-2H3,(H,23,24)(H2,19,20,25)/t13-,14-,16-/m0/s1. The van der Waals surface area contributed by atoms with E-state index in [1.54, 1.807) is 18.9 Å². The van der Waals surface area contributed by atoms with Crippen LogP contribution in [0.5, 0.6) is 0 Å². The number of urea groups is 1. The molecule has 3 heterocycles. The lowest BCUT2D eigenvalue weighted by atomic mass is 10.0. The molecule has 9 heteroatoms. The summed E-state index contributed by atoms with van der Waals surface area (Å²) in [6.07, 6.45) is 3.14. The molecule has 3 rings (SSSR count). The molecule has 0 radical (unpaired) electrons. The first-order valence-corrected chi connectivity index (χ1v) is 10.1. The van der Waals surface area contributed by atoms with Crippen LogP contribution in [0.2, 0.25) is 0 Å². The van der Waals surface area contributed by atoms with Crippen LogP contribution in [0.4, 0.5) is 4.79 Å². The van der Waals surface area contributed by atoms with Gasteiger partial charge in [-0.3, -0.25) is 4.79 Å². The third kappa shape index (κ3) is 4.58. The van der Waals surface area contributed by atoms with E-state index < -0.39 is 5.97 Å². The van der Waals surface area contributed by atoms with E-state index in [9.17, 15) is 14.4 Å². The van der Waals surface area contributed by atoms with E-state index in [-0.39, 0.29) is 36.1 Å². The van der Waals surface area contributed by atoms with Gasteiger partial charge in [-0.05, 0) is 25.8 Å². The first kappa shape index (κ1) is 19.6. The number of hydrogen-bond donors (Lipinski definition) is 3. The van der Waals surface area contributed by atoms with Crippen molar-refractivity contribution in [2.24, 2.45) is 0 Å². The lowest BCUT2D eigenvalue weighted by molar-refractivity contribution is -0.130. The van der Waals surface area contributed by atoms with Crippen LogP contribution >= 0.6 is 11.8 Å². The molecule has 1 aromatic heterocycles. The van der Waals surface area contributed by atoms with Gasteiger partial charge in [0.25, 0.3) is 0 Å². The molecule has 148 valence electrons. The molecule has 3 atom stereocenters. The molecule has 0 aliphatic carbocycles. The molecule has 0 bridgehead atoms. The minimum Gasteiger partial charge on any atom is -0.478 e. The molecule has 3 N–H and O–H groups in total. The maximum Gasteiger partial charge on any atom is 0.339 e. The van der Waals surface area contributed by atoms with Crippen LogP contribution in [0, 0.1) is 6.92 Å². The van der Waals surface area contributed by atoms with Crippen LogP contribution in [0.25, 0.3) is 0 Å². The van der Waals surface area contributed by atoms with E-state index in [1.807, 2.05) is 11.8 Å². The van der Waals surface area contributed by atoms with Gasteiger partial charge in [0.05, 0.1) is 18.6 Å². The Labute approximate surface area is 162 Å². The highest BCUT2D eigenvalue weighted by molar-refractivity contribution is 8.00. The van der Waals surface area contributed by atoms with Gasteiger partial charge in [0.2, 0.25) is 5.91 Å². The van der Waals surface area contributed by atoms with Crippen LogP contribution in [0.1, 0.15) is 47.6 Å². The van der Waals surface area contributed by atoms with Crippen molar-refractivity contribution >= 4 is 29.7 Å². The molecule has 0 aromatic carbocycles. The fourth-order valence-corrected chi connectivity index (χ4v) is 5.16. The topological polar surface area (TPSA) is 112 Å². The number of aromatic carboxylic acids is 1. The number of carbonyl (C=O) groups excluding carboxylic acids is 2. The van der Waals surface area contributed by atoms with Crippen molar-refractivity contribution in [3.8, 4) is 0 Å². The maximum atomic E-state index is 12.3. The molecule has 2 aliphatic heterocycles. The summed E-state index contributed by atoms with van der Waals surface area (Å²) in [6.45, 7) is 1.86. The first-order valence-electron chi connectivity index (χ1n) is 9.10. The third-order valence-corrected chi connectivity index (χ3v) is 6.59. The molecule has 0 saturated carbocycles. The summed E-state index contributed by atoms with van der Waals surface area (Å²) in [6, 6.07) is 1.82. The Morgan fingerprint density at radius 3 is 2.85 bits per heavy atom. The largest absolute Gasteiger partial charge is 0.478 e. The highest BCUT2D eigenvalue weighted by Gasteiger charge is 2.42. The number of unbranched alkanes of at least 4 members (excludes halogenated alkanes) is 1. The van der Waals surface area contributed by atoms with E-state index in [0.29, 0.717) is 23.2 Å². The van der Waals surface area contributed by atoms with Crippen molar-refractivity contribution in [2.45, 2.75) is 56.5 Å². The summed E-state index contributed by atoms with van der Waals surface area (Å²) in [5.74, 6) is 0.736. The zero-order valence-corrected chi connectivity index (χ0v) is 16.3. The number of carboxylic acid groups (broad SMARTS) is 1. The molecule has 2 fully saturated rings. The van der Waals surface area contributed by atoms with Crippen molar-refractivity contribution in [3.63, 3.8) is 0 Å². The summed E-state index contributed by atoms with van der Waals surface area (Å²) >= 11 is 1.88. The van der Waals surface area contributed by atoms with Crippen LogP contribution in [-0.4, -0.2) is 58.0 Å². The predicted octanol–water partition coefficient (Wildman–Crippen LogP) is 1.97. The summed E-state index contributed by atoms with van der Waals surface area (Å²) in [4.78, 5) is 36.3. The minimum absolute atomic E-state index is 0.00807. The van der Waals surface area contributed by atoms with E-state index in [2.05, 4.69) is 10.6 Å². The number of amides is 3. The minimum atomic E-state index is -1.03. The number of furan rings is 1. The second-order valence-corrected chi connectivity index (χ2v) is 8.38. The summed E-state index contributed by atoms with van der Waals surface area (Å²) in [7, 11) is 1.69. The van der Waals surface area contributed by atoms with Crippen molar-refractivity contribution in [2.75, 3.05) is 12.8 Å². The second kappa shape index (κ2) is 8.24. The van der Waals surface area contributed by atoms with Gasteiger partial charge in [-0.15, -0.1) is 0 Å². The molecule has 1 aromatic rings. The average molecular weight is 395 g/mol. The summed E-state index contributed by atoms with van der Waals surface area (Å²) in [5.41, 5.74) is 0.131. The van der Waals surface area contributed by atoms with Gasteiger partial charge in [-0.25, -0.2) is 9.59 Å². The second-order valence-electron chi connectivity index (χ2n) is 7.11. The Morgan fingerprint density at radius 1 is 1.37 bits per heavy atom. The number of hydrogen-bond acceptors (Lipinski definition) is 5. The van der Waals surface area contributed by atoms with Gasteiger partial charge in [0.1, 0.15) is 17.1 Å². The SMILES string of the molecule is Cc1oc(CN(C)C(=O)CCCC[C@@H]2SC[C@@H]3NC(=O)N[C@@H]32)cc1C(=O)O. The highest BCUT2D eigenvalue weighted by atomic mass is 32.2. The maximum absolute atomic E-state index is 12.3. The van der Waals surface area contributed by atoms with Crippen LogP contribution < -0.4 is 10.6 Å². The molecule has 3 amide bonds. The molecular formula is C18H25N3O5S.